The van der Waals surface area contributed by atoms with Gasteiger partial charge in [0.25, 0.3) is 5.91 Å². The van der Waals surface area contributed by atoms with Gasteiger partial charge in [0.15, 0.2) is 11.4 Å². The maximum absolute atomic E-state index is 13.5. The number of aliphatic hydroxyl groups is 4. The van der Waals surface area contributed by atoms with Crippen molar-refractivity contribution >= 4 is 28.8 Å². The number of hydroxylamine groups is 2. The highest BCUT2D eigenvalue weighted by atomic mass is 16.7. The number of benzene rings is 1. The molecule has 1 saturated carbocycles. The number of carbonyl (C=O) groups excluding carboxylic acids is 3. The van der Waals surface area contributed by atoms with Crippen molar-refractivity contribution in [2.75, 3.05) is 14.2 Å². The molecule has 0 aliphatic heterocycles. The predicted octanol–water partition coefficient (Wildman–Crippen LogP) is -0.141. The third-order valence-electron chi connectivity index (χ3n) is 6.90. The van der Waals surface area contributed by atoms with Gasteiger partial charge in [0.2, 0.25) is 5.78 Å². The van der Waals surface area contributed by atoms with Crippen LogP contribution in [0.25, 0.3) is 11.3 Å². The maximum Gasteiger partial charge on any atom is 0.255 e. The van der Waals surface area contributed by atoms with Crippen molar-refractivity contribution in [3.63, 3.8) is 0 Å². The number of phenolic OH excluding ortho intramolecular Hbond substituents is 1. The summed E-state index contributed by atoms with van der Waals surface area (Å²) in [7, 11) is 3.04. The van der Waals surface area contributed by atoms with E-state index < -0.39 is 70.1 Å². The molecule has 4 rings (SSSR count). The van der Waals surface area contributed by atoms with Crippen LogP contribution in [0.4, 0.5) is 0 Å². The molecule has 4 atom stereocenters. The number of nitrogens with two attached hydrogens (primary N) is 1. The van der Waals surface area contributed by atoms with Crippen LogP contribution in [0.5, 0.6) is 5.75 Å². The zero-order valence-electron chi connectivity index (χ0n) is 18.4. The molecule has 0 spiro atoms. The first kappa shape index (κ1) is 23.6. The Bertz CT molecular complexity index is 1230. The highest BCUT2D eigenvalue weighted by Crippen LogP contribution is 2.55. The van der Waals surface area contributed by atoms with Crippen LogP contribution in [-0.2, 0) is 25.8 Å². The van der Waals surface area contributed by atoms with Gasteiger partial charge in [-0.1, -0.05) is 18.7 Å². The molecule has 11 nitrogen and oxygen atoms in total. The second-order valence-corrected chi connectivity index (χ2v) is 8.64. The molecule has 3 aliphatic carbocycles. The maximum atomic E-state index is 13.5. The predicted molar refractivity (Wildman–Crippen MR) is 117 cm³/mol. The Morgan fingerprint density at radius 1 is 1.29 bits per heavy atom. The lowest BCUT2D eigenvalue weighted by Crippen LogP contribution is -2.63. The van der Waals surface area contributed by atoms with Crippen LogP contribution in [0.2, 0.25) is 0 Å². The number of hydrogen-bond acceptors (Lipinski definition) is 10. The van der Waals surface area contributed by atoms with Crippen molar-refractivity contribution in [2.45, 2.75) is 24.7 Å². The van der Waals surface area contributed by atoms with Crippen molar-refractivity contribution in [1.29, 1.82) is 0 Å². The van der Waals surface area contributed by atoms with Crippen LogP contribution in [0.1, 0.15) is 23.1 Å². The van der Waals surface area contributed by atoms with Crippen molar-refractivity contribution in [1.82, 2.24) is 5.06 Å². The van der Waals surface area contributed by atoms with Crippen LogP contribution in [0.3, 0.4) is 0 Å². The minimum Gasteiger partial charge on any atom is -0.508 e. The number of aliphatic hydroxyl groups excluding tert-OH is 3. The average molecular weight is 472 g/mol. The minimum atomic E-state index is -2.89. The van der Waals surface area contributed by atoms with E-state index in [1.807, 2.05) is 0 Å². The molecule has 0 bridgehead atoms. The largest absolute Gasteiger partial charge is 0.508 e. The quantitative estimate of drug-likeness (QED) is 0.254. The lowest BCUT2D eigenvalue weighted by atomic mass is 9.57. The Kier molecular flexibility index (Phi) is 5.41. The fourth-order valence-corrected chi connectivity index (χ4v) is 5.11. The van der Waals surface area contributed by atoms with Crippen LogP contribution in [-0.4, -0.2) is 73.9 Å². The number of carbonyl (C=O) groups is 3. The topological polar surface area (TPSA) is 191 Å². The summed E-state index contributed by atoms with van der Waals surface area (Å²) in [5.41, 5.74) is 1.41. The number of ketones is 2. The highest BCUT2D eigenvalue weighted by molar-refractivity contribution is 6.23. The van der Waals surface area contributed by atoms with Gasteiger partial charge < -0.3 is 36.1 Å². The molecule has 0 heterocycles. The molecule has 0 saturated heterocycles. The summed E-state index contributed by atoms with van der Waals surface area (Å²) in [6.45, 7) is 4.05. The average Bonchev–Trinajstić information content (AvgIpc) is 2.77. The van der Waals surface area contributed by atoms with Gasteiger partial charge in [0.05, 0.1) is 30.9 Å². The monoisotopic (exact) mass is 472 g/mol. The molecule has 1 aromatic rings. The molecule has 1 amide bonds. The molecule has 0 aromatic heterocycles. The van der Waals surface area contributed by atoms with Crippen LogP contribution in [0, 0.1) is 11.8 Å². The Balaban J connectivity index is 1.96. The third kappa shape index (κ3) is 2.95. The van der Waals surface area contributed by atoms with E-state index in [-0.39, 0.29) is 29.0 Å². The van der Waals surface area contributed by atoms with Crippen molar-refractivity contribution in [2.24, 2.45) is 17.6 Å². The Morgan fingerprint density at radius 3 is 2.53 bits per heavy atom. The number of hydrogen-bond donors (Lipinski definition) is 6. The van der Waals surface area contributed by atoms with Gasteiger partial charge in [-0.15, -0.1) is 0 Å². The number of rotatable bonds is 4. The van der Waals surface area contributed by atoms with Crippen LogP contribution in [0.15, 0.2) is 35.6 Å². The second kappa shape index (κ2) is 7.77. The number of fused-ring (bicyclic) bond motifs is 3. The first-order valence-corrected chi connectivity index (χ1v) is 10.3. The number of aromatic hydroxyl groups is 1. The smallest absolute Gasteiger partial charge is 0.255 e. The van der Waals surface area contributed by atoms with Gasteiger partial charge in [0.1, 0.15) is 22.8 Å². The number of amides is 1. The van der Waals surface area contributed by atoms with Gasteiger partial charge in [-0.05, 0) is 11.1 Å². The normalized spacial score (nSPS) is 28.7. The summed E-state index contributed by atoms with van der Waals surface area (Å²) in [4.78, 5) is 42.7. The molecule has 180 valence electrons. The first-order valence-electron chi connectivity index (χ1n) is 10.3. The second-order valence-electron chi connectivity index (χ2n) is 8.64. The summed E-state index contributed by atoms with van der Waals surface area (Å²) in [5.74, 6) is -8.67. The van der Waals surface area contributed by atoms with Gasteiger partial charge in [-0.3, -0.25) is 14.4 Å². The summed E-state index contributed by atoms with van der Waals surface area (Å²) in [5, 5.41) is 56.4. The van der Waals surface area contributed by atoms with Crippen molar-refractivity contribution < 1.29 is 44.8 Å². The van der Waals surface area contributed by atoms with Gasteiger partial charge in [-0.2, -0.15) is 5.06 Å². The molecule has 7 N–H and O–H groups in total. The standard InChI is InChI=1S/C23H24N2O9/c1-8-10-5-4-9(7-25(2)34-3)17(27)14(10)19(29)16-13(8)18(28)11-6-12(26)15(22(24)32)20(30)23(11,33)21(16)31/h4-5,11,13,18,27-30,33H,1,6-7H2,2-3H3,(H2,24,32)/t11?,13-,18-,23-/m1/s1. The molecule has 34 heavy (non-hydrogen) atoms. The zero-order valence-corrected chi connectivity index (χ0v) is 18.4. The molecule has 1 fully saturated rings. The molecular formula is C23H24N2O9. The Labute approximate surface area is 193 Å². The molecule has 11 heteroatoms. The summed E-state index contributed by atoms with van der Waals surface area (Å²) >= 11 is 0. The fourth-order valence-electron chi connectivity index (χ4n) is 5.11. The number of phenols is 1. The van der Waals surface area contributed by atoms with Gasteiger partial charge in [0, 0.05) is 30.9 Å². The summed E-state index contributed by atoms with van der Waals surface area (Å²) in [6, 6.07) is 3.12. The zero-order chi connectivity index (χ0) is 25.3. The lowest BCUT2D eigenvalue weighted by Gasteiger charge is -2.49. The number of nitrogens with zero attached hydrogens (tertiary/aromatic N) is 1. The van der Waals surface area contributed by atoms with E-state index in [0.717, 1.165) is 0 Å². The first-order chi connectivity index (χ1) is 15.9. The van der Waals surface area contributed by atoms with E-state index in [9.17, 15) is 39.9 Å². The molecule has 0 radical (unpaired) electrons. The summed E-state index contributed by atoms with van der Waals surface area (Å²) < 4.78 is 0. The van der Waals surface area contributed by atoms with E-state index in [1.54, 1.807) is 19.2 Å². The van der Waals surface area contributed by atoms with E-state index >= 15 is 0 Å². The van der Waals surface area contributed by atoms with Gasteiger partial charge in [-0.25, -0.2) is 0 Å². The minimum absolute atomic E-state index is 0.115. The molecular weight excluding hydrogens is 448 g/mol. The Hall–Kier alpha value is -3.51. The van der Waals surface area contributed by atoms with Gasteiger partial charge >= 0.3 is 0 Å². The van der Waals surface area contributed by atoms with Crippen molar-refractivity contribution in [3.8, 4) is 5.75 Å². The SMILES string of the molecule is C=C1c2ccc(CN(C)OC)c(O)c2C(O)=C2C(=O)[C@]3(O)C(O)=C(C(N)=O)C(=O)CC3[C@@H](O)[C@H]12. The van der Waals surface area contributed by atoms with E-state index in [0.29, 0.717) is 5.56 Å². The van der Waals surface area contributed by atoms with Crippen LogP contribution >= 0.6 is 0 Å². The van der Waals surface area contributed by atoms with E-state index in [2.05, 4.69) is 6.58 Å². The lowest BCUT2D eigenvalue weighted by molar-refractivity contribution is -0.157. The molecule has 3 aliphatic rings. The highest BCUT2D eigenvalue weighted by Gasteiger charge is 2.64. The van der Waals surface area contributed by atoms with E-state index in [1.165, 1.54) is 12.2 Å². The molecule has 1 aromatic carbocycles. The Morgan fingerprint density at radius 2 is 1.94 bits per heavy atom. The van der Waals surface area contributed by atoms with Crippen molar-refractivity contribution in [3.05, 3.63) is 52.3 Å². The summed E-state index contributed by atoms with van der Waals surface area (Å²) in [6.07, 6.45) is -2.30. The van der Waals surface area contributed by atoms with Crippen LogP contribution < -0.4 is 5.73 Å². The molecule has 1 unspecified atom stereocenters. The number of primary amides is 1. The fraction of sp³-hybridized carbons (Fsp3) is 0.348. The third-order valence-corrected chi connectivity index (χ3v) is 6.90. The van der Waals surface area contributed by atoms with E-state index in [4.69, 9.17) is 10.6 Å². The number of Topliss-reactive ketones (excluding diaryl/α,β-unsaturated/α-hetero) is 2.